The van der Waals surface area contributed by atoms with Gasteiger partial charge in [-0.05, 0) is 67.5 Å². The highest BCUT2D eigenvalue weighted by Gasteiger charge is 2.29. The molecule has 3 rings (SSSR count). The van der Waals surface area contributed by atoms with Crippen LogP contribution in [-0.4, -0.2) is 63.9 Å². The summed E-state index contributed by atoms with van der Waals surface area (Å²) in [6, 6.07) is 7.68. The van der Waals surface area contributed by atoms with E-state index in [0.29, 0.717) is 17.1 Å². The van der Waals surface area contributed by atoms with Crippen molar-refractivity contribution in [1.29, 1.82) is 0 Å². The maximum absolute atomic E-state index is 11.0. The van der Waals surface area contributed by atoms with Crippen LogP contribution < -0.4 is 4.74 Å². The maximum atomic E-state index is 11.0. The van der Waals surface area contributed by atoms with E-state index in [1.165, 1.54) is 0 Å². The molecule has 2 aromatic rings. The molecule has 1 aromatic carbocycles. The number of aliphatic hydroxyl groups excluding tert-OH is 2. The van der Waals surface area contributed by atoms with Crippen LogP contribution in [-0.2, 0) is 0 Å². The Hall–Kier alpha value is -1.34. The van der Waals surface area contributed by atoms with Crippen molar-refractivity contribution in [3.05, 3.63) is 36.0 Å². The molecule has 0 unspecified atom stereocenters. The fraction of sp³-hybridized carbons (Fsp3) is 0.640. The lowest BCUT2D eigenvalue weighted by molar-refractivity contribution is 0.0608. The first kappa shape index (κ1) is 24.3. The highest BCUT2D eigenvalue weighted by molar-refractivity contribution is 8.00. The first-order valence-electron chi connectivity index (χ1n) is 11.4. The third-order valence-electron chi connectivity index (χ3n) is 6.30. The molecule has 3 atom stereocenters. The summed E-state index contributed by atoms with van der Waals surface area (Å²) >= 11 is 2.00. The summed E-state index contributed by atoms with van der Waals surface area (Å²) in [6.07, 6.45) is 3.92. The zero-order chi connectivity index (χ0) is 22.4. The minimum absolute atomic E-state index is 0.221. The van der Waals surface area contributed by atoms with Gasteiger partial charge in [-0.3, -0.25) is 4.98 Å². The number of rotatable bonds is 9. The molecule has 0 spiro atoms. The molecule has 1 fully saturated rings. The molecule has 172 valence electrons. The van der Waals surface area contributed by atoms with Gasteiger partial charge in [-0.25, -0.2) is 0 Å². The molecule has 5 nitrogen and oxygen atoms in total. The quantitative estimate of drug-likeness (QED) is 0.590. The Morgan fingerprint density at radius 3 is 2.77 bits per heavy atom. The van der Waals surface area contributed by atoms with Crippen molar-refractivity contribution in [3.63, 3.8) is 0 Å². The standard InChI is InChI=1S/C25H38N2O3S/c1-25(2,3)31-14-13-27-12-10-18(19(16-27)17-28)5-8-24(29)21-9-11-26-23-7-6-20(30-4)15-22(21)23/h6-7,9,11,15,18-19,24,28-29H,5,8,10,12-14,16-17H2,1-4H3/t18-,19-,24-/m1/s1. The van der Waals surface area contributed by atoms with Gasteiger partial charge >= 0.3 is 0 Å². The normalized spacial score (nSPS) is 21.4. The summed E-state index contributed by atoms with van der Waals surface area (Å²) in [5.41, 5.74) is 1.77. The largest absolute Gasteiger partial charge is 0.497 e. The minimum Gasteiger partial charge on any atom is -0.497 e. The zero-order valence-electron chi connectivity index (χ0n) is 19.4. The first-order valence-corrected chi connectivity index (χ1v) is 12.4. The molecule has 6 heteroatoms. The van der Waals surface area contributed by atoms with E-state index in [1.807, 2.05) is 36.0 Å². The molecule has 1 aliphatic rings. The Morgan fingerprint density at radius 1 is 1.26 bits per heavy atom. The summed E-state index contributed by atoms with van der Waals surface area (Å²) in [7, 11) is 1.65. The number of benzene rings is 1. The van der Waals surface area contributed by atoms with Crippen LogP contribution in [0.2, 0.25) is 0 Å². The molecule has 2 N–H and O–H groups in total. The van der Waals surface area contributed by atoms with Gasteiger partial charge in [0.25, 0.3) is 0 Å². The fourth-order valence-corrected chi connectivity index (χ4v) is 5.48. The van der Waals surface area contributed by atoms with Gasteiger partial charge in [0, 0.05) is 41.8 Å². The van der Waals surface area contributed by atoms with Gasteiger partial charge in [-0.15, -0.1) is 0 Å². The van der Waals surface area contributed by atoms with Crippen molar-refractivity contribution in [2.24, 2.45) is 11.8 Å². The van der Waals surface area contributed by atoms with E-state index in [2.05, 4.69) is 30.7 Å². The van der Waals surface area contributed by atoms with Crippen LogP contribution in [0.4, 0.5) is 0 Å². The van der Waals surface area contributed by atoms with Crippen LogP contribution in [0.3, 0.4) is 0 Å². The summed E-state index contributed by atoms with van der Waals surface area (Å²) in [5.74, 6) is 2.64. The highest BCUT2D eigenvalue weighted by Crippen LogP contribution is 2.33. The SMILES string of the molecule is COc1ccc2nccc([C@H](O)CC[C@@H]3CCN(CCSC(C)(C)C)C[C@@H]3CO)c2c1. The minimum atomic E-state index is -0.543. The molecule has 31 heavy (non-hydrogen) atoms. The van der Waals surface area contributed by atoms with Gasteiger partial charge in [0.2, 0.25) is 0 Å². The molecule has 0 radical (unpaired) electrons. The van der Waals surface area contributed by atoms with Gasteiger partial charge in [0.15, 0.2) is 0 Å². The van der Waals surface area contributed by atoms with Crippen LogP contribution in [0.5, 0.6) is 5.75 Å². The average Bonchev–Trinajstić information content (AvgIpc) is 2.76. The van der Waals surface area contributed by atoms with E-state index >= 15 is 0 Å². The molecular weight excluding hydrogens is 408 g/mol. The second-order valence-corrected chi connectivity index (χ2v) is 11.6. The maximum Gasteiger partial charge on any atom is 0.119 e. The summed E-state index contributed by atoms with van der Waals surface area (Å²) in [6.45, 7) is 10.1. The van der Waals surface area contributed by atoms with Crippen LogP contribution in [0.25, 0.3) is 10.9 Å². The molecule has 1 aliphatic heterocycles. The average molecular weight is 447 g/mol. The number of aliphatic hydroxyl groups is 2. The van der Waals surface area contributed by atoms with Crippen molar-refractivity contribution in [1.82, 2.24) is 9.88 Å². The van der Waals surface area contributed by atoms with E-state index in [9.17, 15) is 10.2 Å². The second-order valence-electron chi connectivity index (χ2n) is 9.63. The lowest BCUT2D eigenvalue weighted by Gasteiger charge is -2.38. The predicted molar refractivity (Wildman–Crippen MR) is 130 cm³/mol. The van der Waals surface area contributed by atoms with Crippen molar-refractivity contribution >= 4 is 22.7 Å². The van der Waals surface area contributed by atoms with Gasteiger partial charge in [-0.2, -0.15) is 11.8 Å². The Balaban J connectivity index is 1.57. The molecule has 2 heterocycles. The van der Waals surface area contributed by atoms with Crippen molar-refractivity contribution in [3.8, 4) is 5.75 Å². The third kappa shape index (κ3) is 6.82. The van der Waals surface area contributed by atoms with Gasteiger partial charge in [0.1, 0.15) is 5.75 Å². The van der Waals surface area contributed by atoms with Crippen LogP contribution in [0, 0.1) is 11.8 Å². The van der Waals surface area contributed by atoms with Crippen molar-refractivity contribution in [2.45, 2.75) is 50.9 Å². The van der Waals surface area contributed by atoms with Crippen molar-refractivity contribution in [2.75, 3.05) is 39.1 Å². The van der Waals surface area contributed by atoms with Gasteiger partial charge in [-0.1, -0.05) is 20.8 Å². The molecule has 0 aliphatic carbocycles. The second kappa shape index (κ2) is 11.0. The Bertz CT molecular complexity index is 839. The van der Waals surface area contributed by atoms with E-state index in [1.54, 1.807) is 13.3 Å². The topological polar surface area (TPSA) is 65.8 Å². The highest BCUT2D eigenvalue weighted by atomic mass is 32.2. The number of methoxy groups -OCH3 is 1. The number of nitrogens with zero attached hydrogens (tertiary/aromatic N) is 2. The van der Waals surface area contributed by atoms with Crippen LogP contribution in [0.1, 0.15) is 51.7 Å². The fourth-order valence-electron chi connectivity index (χ4n) is 4.52. The molecule has 0 amide bonds. The number of likely N-dealkylation sites (tertiary alicyclic amines) is 1. The summed E-state index contributed by atoms with van der Waals surface area (Å²) in [4.78, 5) is 6.91. The monoisotopic (exact) mass is 446 g/mol. The van der Waals surface area contributed by atoms with Crippen LogP contribution in [0.15, 0.2) is 30.5 Å². The number of aromatic nitrogens is 1. The smallest absolute Gasteiger partial charge is 0.119 e. The predicted octanol–water partition coefficient (Wildman–Crippen LogP) is 4.52. The number of fused-ring (bicyclic) bond motifs is 1. The van der Waals surface area contributed by atoms with E-state index in [0.717, 1.165) is 60.4 Å². The lowest BCUT2D eigenvalue weighted by Crippen LogP contribution is -2.43. The third-order valence-corrected chi connectivity index (χ3v) is 7.56. The number of hydrogen-bond acceptors (Lipinski definition) is 6. The van der Waals surface area contributed by atoms with E-state index in [-0.39, 0.29) is 12.5 Å². The van der Waals surface area contributed by atoms with E-state index < -0.39 is 6.10 Å². The number of ether oxygens (including phenoxy) is 1. The lowest BCUT2D eigenvalue weighted by atomic mass is 9.81. The Kier molecular flexibility index (Phi) is 8.62. The van der Waals surface area contributed by atoms with Gasteiger partial charge < -0.3 is 19.8 Å². The Labute approximate surface area is 191 Å². The molecule has 1 saturated heterocycles. The van der Waals surface area contributed by atoms with Gasteiger partial charge in [0.05, 0.1) is 18.7 Å². The number of hydrogen-bond donors (Lipinski definition) is 2. The van der Waals surface area contributed by atoms with Crippen molar-refractivity contribution < 1.29 is 14.9 Å². The van der Waals surface area contributed by atoms with Crippen LogP contribution >= 0.6 is 11.8 Å². The molecule has 1 aromatic heterocycles. The Morgan fingerprint density at radius 2 is 2.06 bits per heavy atom. The number of piperidine rings is 1. The molecular formula is C25H38N2O3S. The number of thioether (sulfide) groups is 1. The number of pyridine rings is 1. The first-order chi connectivity index (χ1) is 14.8. The molecule has 0 bridgehead atoms. The summed E-state index contributed by atoms with van der Waals surface area (Å²) < 4.78 is 5.65. The zero-order valence-corrected chi connectivity index (χ0v) is 20.2. The van der Waals surface area contributed by atoms with E-state index in [4.69, 9.17) is 4.74 Å². The molecule has 0 saturated carbocycles. The summed E-state index contributed by atoms with van der Waals surface area (Å²) in [5, 5.41) is 21.9.